The number of ether oxygens (including phenoxy) is 1. The van der Waals surface area contributed by atoms with E-state index in [2.05, 4.69) is 5.32 Å². The Kier molecular flexibility index (Phi) is 6.03. The quantitative estimate of drug-likeness (QED) is 0.777. The van der Waals surface area contributed by atoms with Crippen molar-refractivity contribution < 1.29 is 23.5 Å². The summed E-state index contributed by atoms with van der Waals surface area (Å²) in [4.78, 5) is 37.8. The molecule has 1 unspecified atom stereocenters. The number of benzene rings is 2. The minimum absolute atomic E-state index is 0.00366. The molecule has 1 atom stereocenters. The summed E-state index contributed by atoms with van der Waals surface area (Å²) in [6.45, 7) is 1.76. The number of nitrogens with one attached hydrogen (secondary N) is 1. The Bertz CT molecular complexity index is 865. The van der Waals surface area contributed by atoms with Gasteiger partial charge in [0, 0.05) is 24.3 Å². The highest BCUT2D eigenvalue weighted by atomic mass is 19.1. The highest BCUT2D eigenvalue weighted by molar-refractivity contribution is 6.00. The number of carbonyl (C=O) groups is 3. The Hall–Kier alpha value is -3.22. The Morgan fingerprint density at radius 3 is 2.46 bits per heavy atom. The predicted octanol–water partition coefficient (Wildman–Crippen LogP) is 2.92. The normalized spacial score (nSPS) is 16.1. The molecule has 2 amide bonds. The third kappa shape index (κ3) is 4.73. The zero-order valence-electron chi connectivity index (χ0n) is 15.5. The molecule has 0 radical (unpaired) electrons. The van der Waals surface area contributed by atoms with Crippen molar-refractivity contribution >= 4 is 29.2 Å². The van der Waals surface area contributed by atoms with Gasteiger partial charge in [0.15, 0.2) is 6.61 Å². The molecule has 1 heterocycles. The maximum Gasteiger partial charge on any atom is 0.311 e. The summed E-state index contributed by atoms with van der Waals surface area (Å²) in [6, 6.07) is 12.9. The fourth-order valence-electron chi connectivity index (χ4n) is 3.01. The monoisotopic (exact) mass is 384 g/mol. The molecular weight excluding hydrogens is 363 g/mol. The topological polar surface area (TPSA) is 75.7 Å². The van der Waals surface area contributed by atoms with Crippen LogP contribution in [-0.4, -0.2) is 30.9 Å². The van der Waals surface area contributed by atoms with Crippen LogP contribution in [0.1, 0.15) is 18.9 Å². The molecule has 6 nitrogen and oxygen atoms in total. The van der Waals surface area contributed by atoms with Gasteiger partial charge in [-0.2, -0.15) is 0 Å². The van der Waals surface area contributed by atoms with E-state index in [0.29, 0.717) is 11.4 Å². The molecule has 2 aromatic carbocycles. The van der Waals surface area contributed by atoms with Crippen LogP contribution in [0.3, 0.4) is 0 Å². The zero-order chi connectivity index (χ0) is 20.1. The highest BCUT2D eigenvalue weighted by Crippen LogP contribution is 2.26. The maximum absolute atomic E-state index is 13.0. The molecule has 1 saturated heterocycles. The second-order valence-corrected chi connectivity index (χ2v) is 6.59. The van der Waals surface area contributed by atoms with Crippen LogP contribution >= 0.6 is 0 Å². The Labute approximate surface area is 162 Å². The summed E-state index contributed by atoms with van der Waals surface area (Å²) in [5, 5.41) is 2.66. The van der Waals surface area contributed by atoms with Gasteiger partial charge in [-0.05, 0) is 48.4 Å². The standard InChI is InChI=1S/C21H21FN2O4/c1-2-14-3-7-17(8-4-14)23-19(25)13-28-21(27)15-11-20(26)24(12-15)18-9-5-16(22)6-10-18/h3-10,15H,2,11-13H2,1H3,(H,23,25). The van der Waals surface area contributed by atoms with E-state index < -0.39 is 30.2 Å². The van der Waals surface area contributed by atoms with E-state index in [-0.39, 0.29) is 18.9 Å². The fourth-order valence-corrected chi connectivity index (χ4v) is 3.01. The number of hydrogen-bond donors (Lipinski definition) is 1. The number of aryl methyl sites for hydroxylation is 1. The average Bonchev–Trinajstić information content (AvgIpc) is 3.09. The fraction of sp³-hybridized carbons (Fsp3) is 0.286. The van der Waals surface area contributed by atoms with E-state index in [4.69, 9.17) is 4.74 Å². The molecular formula is C21H21FN2O4. The predicted molar refractivity (Wildman–Crippen MR) is 102 cm³/mol. The van der Waals surface area contributed by atoms with Gasteiger partial charge in [-0.25, -0.2) is 4.39 Å². The molecule has 0 aliphatic carbocycles. The van der Waals surface area contributed by atoms with Crippen LogP contribution in [0.5, 0.6) is 0 Å². The van der Waals surface area contributed by atoms with Crippen molar-refractivity contribution in [2.45, 2.75) is 19.8 Å². The molecule has 1 aliphatic rings. The van der Waals surface area contributed by atoms with Crippen LogP contribution in [0.15, 0.2) is 48.5 Å². The van der Waals surface area contributed by atoms with Crippen LogP contribution in [-0.2, 0) is 25.5 Å². The average molecular weight is 384 g/mol. The maximum atomic E-state index is 13.0. The number of amides is 2. The molecule has 1 N–H and O–H groups in total. The molecule has 0 saturated carbocycles. The molecule has 0 aromatic heterocycles. The zero-order valence-corrected chi connectivity index (χ0v) is 15.5. The summed E-state index contributed by atoms with van der Waals surface area (Å²) in [7, 11) is 0. The van der Waals surface area contributed by atoms with Crippen molar-refractivity contribution in [1.82, 2.24) is 0 Å². The minimum atomic E-state index is -0.658. The first-order valence-electron chi connectivity index (χ1n) is 9.07. The van der Waals surface area contributed by atoms with Crippen molar-refractivity contribution in [3.05, 3.63) is 59.9 Å². The van der Waals surface area contributed by atoms with Crippen LogP contribution in [0, 0.1) is 11.7 Å². The summed E-state index contributed by atoms with van der Waals surface area (Å²) in [5.74, 6) is -2.35. The molecule has 1 fully saturated rings. The van der Waals surface area contributed by atoms with Gasteiger partial charge in [0.25, 0.3) is 5.91 Å². The summed E-state index contributed by atoms with van der Waals surface area (Å²) >= 11 is 0. The minimum Gasteiger partial charge on any atom is -0.455 e. The molecule has 146 valence electrons. The number of anilines is 2. The van der Waals surface area contributed by atoms with Crippen LogP contribution in [0.25, 0.3) is 0 Å². The largest absolute Gasteiger partial charge is 0.455 e. The van der Waals surface area contributed by atoms with Crippen molar-refractivity contribution in [2.75, 3.05) is 23.4 Å². The number of esters is 1. The SMILES string of the molecule is CCc1ccc(NC(=O)COC(=O)C2CC(=O)N(c3ccc(F)cc3)C2)cc1. The first-order valence-corrected chi connectivity index (χ1v) is 9.07. The van der Waals surface area contributed by atoms with Crippen molar-refractivity contribution in [2.24, 2.45) is 5.92 Å². The smallest absolute Gasteiger partial charge is 0.311 e. The van der Waals surface area contributed by atoms with E-state index in [0.717, 1.165) is 12.0 Å². The second kappa shape index (κ2) is 8.65. The van der Waals surface area contributed by atoms with Crippen molar-refractivity contribution in [1.29, 1.82) is 0 Å². The first kappa shape index (κ1) is 19.5. The van der Waals surface area contributed by atoms with E-state index in [1.807, 2.05) is 19.1 Å². The van der Waals surface area contributed by atoms with Crippen molar-refractivity contribution in [3.8, 4) is 0 Å². The van der Waals surface area contributed by atoms with Gasteiger partial charge < -0.3 is 15.0 Å². The van der Waals surface area contributed by atoms with Crippen molar-refractivity contribution in [3.63, 3.8) is 0 Å². The molecule has 7 heteroatoms. The van der Waals surface area contributed by atoms with Gasteiger partial charge in [-0.1, -0.05) is 19.1 Å². The number of nitrogens with zero attached hydrogens (tertiary/aromatic N) is 1. The summed E-state index contributed by atoms with van der Waals surface area (Å²) < 4.78 is 18.1. The second-order valence-electron chi connectivity index (χ2n) is 6.59. The Morgan fingerprint density at radius 1 is 1.14 bits per heavy atom. The van der Waals surface area contributed by atoms with Gasteiger partial charge in [0.2, 0.25) is 5.91 Å². The molecule has 28 heavy (non-hydrogen) atoms. The van der Waals surface area contributed by atoms with Gasteiger partial charge in [-0.3, -0.25) is 14.4 Å². The lowest BCUT2D eigenvalue weighted by atomic mass is 10.1. The van der Waals surface area contributed by atoms with Crippen LogP contribution < -0.4 is 10.2 Å². The van der Waals surface area contributed by atoms with Gasteiger partial charge in [-0.15, -0.1) is 0 Å². The molecule has 2 aromatic rings. The van der Waals surface area contributed by atoms with Gasteiger partial charge in [0.05, 0.1) is 5.92 Å². The molecule has 0 spiro atoms. The van der Waals surface area contributed by atoms with E-state index in [1.165, 1.54) is 29.2 Å². The first-order chi connectivity index (χ1) is 13.5. The summed E-state index contributed by atoms with van der Waals surface area (Å²) in [6.07, 6.45) is 0.900. The number of rotatable bonds is 6. The van der Waals surface area contributed by atoms with E-state index in [9.17, 15) is 18.8 Å². The number of hydrogen-bond acceptors (Lipinski definition) is 4. The third-order valence-electron chi connectivity index (χ3n) is 4.59. The highest BCUT2D eigenvalue weighted by Gasteiger charge is 2.36. The third-order valence-corrected chi connectivity index (χ3v) is 4.59. The summed E-state index contributed by atoms with van der Waals surface area (Å²) in [5.41, 5.74) is 2.30. The lowest BCUT2D eigenvalue weighted by Gasteiger charge is -2.16. The van der Waals surface area contributed by atoms with Gasteiger partial charge in [0.1, 0.15) is 5.82 Å². The van der Waals surface area contributed by atoms with Crippen LogP contribution in [0.2, 0.25) is 0 Å². The van der Waals surface area contributed by atoms with Gasteiger partial charge >= 0.3 is 5.97 Å². The number of carbonyl (C=O) groups excluding carboxylic acids is 3. The van der Waals surface area contributed by atoms with E-state index >= 15 is 0 Å². The Morgan fingerprint density at radius 2 is 1.82 bits per heavy atom. The Balaban J connectivity index is 1.49. The van der Waals surface area contributed by atoms with E-state index in [1.54, 1.807) is 12.1 Å². The lowest BCUT2D eigenvalue weighted by molar-refractivity contribution is -0.151. The number of halogens is 1. The van der Waals surface area contributed by atoms with Crippen LogP contribution in [0.4, 0.5) is 15.8 Å². The lowest BCUT2D eigenvalue weighted by Crippen LogP contribution is -2.28. The molecule has 0 bridgehead atoms. The molecule has 3 rings (SSSR count). The molecule has 1 aliphatic heterocycles.